The zero-order valence-electron chi connectivity index (χ0n) is 14.5. The molecular weight excluding hydrogens is 439 g/mol. The van der Waals surface area contributed by atoms with Crippen LogP contribution in [0.25, 0.3) is 0 Å². The van der Waals surface area contributed by atoms with E-state index in [1.165, 1.54) is 23.1 Å². The average molecular weight is 453 g/mol. The van der Waals surface area contributed by atoms with E-state index in [0.717, 1.165) is 5.56 Å². The van der Waals surface area contributed by atoms with E-state index in [-0.39, 0.29) is 17.6 Å². The maximum Gasteiger partial charge on any atom is 0.257 e. The molecule has 0 unspecified atom stereocenters. The van der Waals surface area contributed by atoms with Crippen molar-refractivity contribution in [2.75, 3.05) is 16.4 Å². The van der Waals surface area contributed by atoms with Gasteiger partial charge in [-0.1, -0.05) is 52.4 Å². The van der Waals surface area contributed by atoms with Crippen molar-refractivity contribution in [2.45, 2.75) is 11.3 Å². The van der Waals surface area contributed by atoms with Gasteiger partial charge in [0.15, 0.2) is 4.34 Å². The largest absolute Gasteiger partial charge is 0.325 e. The van der Waals surface area contributed by atoms with Crippen LogP contribution in [0.3, 0.4) is 0 Å². The van der Waals surface area contributed by atoms with Crippen molar-refractivity contribution in [2.24, 2.45) is 0 Å². The number of benzene rings is 2. The van der Waals surface area contributed by atoms with Gasteiger partial charge in [0.1, 0.15) is 0 Å². The Morgan fingerprint density at radius 1 is 1.07 bits per heavy atom. The lowest BCUT2D eigenvalue weighted by molar-refractivity contribution is -0.113. The molecule has 6 nitrogen and oxygen atoms in total. The Balaban J connectivity index is 1.51. The SMILES string of the molecule is Cc1ccc(NC(=O)CSc2nnc(NC(=O)c3ccc(Cl)cc3)s2)cc1Cl. The molecule has 0 saturated heterocycles. The van der Waals surface area contributed by atoms with E-state index in [1.807, 2.05) is 13.0 Å². The van der Waals surface area contributed by atoms with Crippen LogP contribution in [0.5, 0.6) is 0 Å². The van der Waals surface area contributed by atoms with Crippen molar-refractivity contribution in [1.29, 1.82) is 0 Å². The predicted octanol–water partition coefficient (Wildman–Crippen LogP) is 5.14. The van der Waals surface area contributed by atoms with E-state index < -0.39 is 0 Å². The van der Waals surface area contributed by atoms with Gasteiger partial charge in [-0.05, 0) is 48.9 Å². The predicted molar refractivity (Wildman–Crippen MR) is 115 cm³/mol. The Hall–Kier alpha value is -2.13. The lowest BCUT2D eigenvalue weighted by Crippen LogP contribution is -2.13. The molecule has 0 fully saturated rings. The number of halogens is 2. The molecule has 0 saturated carbocycles. The fraction of sp³-hybridized carbons (Fsp3) is 0.111. The first kappa shape index (κ1) is 20.6. The van der Waals surface area contributed by atoms with Gasteiger partial charge in [-0.3, -0.25) is 14.9 Å². The second-order valence-corrected chi connectivity index (χ2v) is 8.68. The quantitative estimate of drug-likeness (QED) is 0.399. The molecule has 2 amide bonds. The smallest absolute Gasteiger partial charge is 0.257 e. The molecule has 0 spiro atoms. The molecule has 3 rings (SSSR count). The van der Waals surface area contributed by atoms with Crippen molar-refractivity contribution in [3.63, 3.8) is 0 Å². The maximum absolute atomic E-state index is 12.2. The first-order valence-corrected chi connectivity index (χ1v) is 10.6. The number of carbonyl (C=O) groups is 2. The molecule has 144 valence electrons. The molecule has 1 heterocycles. The summed E-state index contributed by atoms with van der Waals surface area (Å²) >= 11 is 14.3. The third kappa shape index (κ3) is 5.68. The molecule has 0 radical (unpaired) electrons. The summed E-state index contributed by atoms with van der Waals surface area (Å²) in [6, 6.07) is 11.8. The summed E-state index contributed by atoms with van der Waals surface area (Å²) in [4.78, 5) is 24.2. The van der Waals surface area contributed by atoms with Gasteiger partial charge in [0.2, 0.25) is 11.0 Å². The highest BCUT2D eigenvalue weighted by molar-refractivity contribution is 8.01. The summed E-state index contributed by atoms with van der Waals surface area (Å²) in [5, 5.41) is 14.8. The fourth-order valence-corrected chi connectivity index (χ4v) is 3.94. The number of amides is 2. The van der Waals surface area contributed by atoms with E-state index in [4.69, 9.17) is 23.2 Å². The Kier molecular flexibility index (Phi) is 6.90. The third-order valence-corrected chi connectivity index (χ3v) is 6.15. The van der Waals surface area contributed by atoms with Gasteiger partial charge < -0.3 is 5.32 Å². The molecule has 0 aliphatic rings. The number of nitrogens with one attached hydrogen (secondary N) is 2. The molecule has 0 bridgehead atoms. The molecule has 10 heteroatoms. The first-order chi connectivity index (χ1) is 13.4. The monoisotopic (exact) mass is 452 g/mol. The standard InChI is InChI=1S/C18H14Cl2N4O2S2/c1-10-2-7-13(8-14(10)20)21-15(25)9-27-18-24-23-17(28-18)22-16(26)11-3-5-12(19)6-4-11/h2-8H,9H2,1H3,(H,21,25)(H,22,23,26). The molecule has 0 aliphatic heterocycles. The molecule has 0 aliphatic carbocycles. The van der Waals surface area contributed by atoms with E-state index >= 15 is 0 Å². The summed E-state index contributed by atoms with van der Waals surface area (Å²) < 4.78 is 0.573. The number of anilines is 2. The van der Waals surface area contributed by atoms with E-state index in [2.05, 4.69) is 20.8 Å². The molecule has 3 aromatic rings. The van der Waals surface area contributed by atoms with Crippen molar-refractivity contribution in [3.05, 3.63) is 63.6 Å². The van der Waals surface area contributed by atoms with Gasteiger partial charge in [0.05, 0.1) is 5.75 Å². The van der Waals surface area contributed by atoms with Crippen LogP contribution in [0.4, 0.5) is 10.8 Å². The molecule has 2 N–H and O–H groups in total. The number of hydrogen-bond donors (Lipinski definition) is 2. The Bertz CT molecular complexity index is 1010. The van der Waals surface area contributed by atoms with Gasteiger partial charge >= 0.3 is 0 Å². The van der Waals surface area contributed by atoms with Gasteiger partial charge in [0, 0.05) is 21.3 Å². The van der Waals surface area contributed by atoms with E-state index in [0.29, 0.717) is 30.8 Å². The van der Waals surface area contributed by atoms with Gasteiger partial charge in [-0.25, -0.2) is 0 Å². The highest BCUT2D eigenvalue weighted by atomic mass is 35.5. The number of hydrogen-bond acceptors (Lipinski definition) is 6. The second kappa shape index (κ2) is 9.38. The minimum atomic E-state index is -0.307. The first-order valence-electron chi connectivity index (χ1n) is 8.00. The zero-order chi connectivity index (χ0) is 20.1. The van der Waals surface area contributed by atoms with Crippen molar-refractivity contribution < 1.29 is 9.59 Å². The van der Waals surface area contributed by atoms with Crippen LogP contribution in [0, 0.1) is 6.92 Å². The van der Waals surface area contributed by atoms with Crippen molar-refractivity contribution in [3.8, 4) is 0 Å². The van der Waals surface area contributed by atoms with Gasteiger partial charge in [0.25, 0.3) is 5.91 Å². The lowest BCUT2D eigenvalue weighted by atomic mass is 10.2. The highest BCUT2D eigenvalue weighted by Gasteiger charge is 2.12. The molecule has 0 atom stereocenters. The van der Waals surface area contributed by atoms with E-state index in [1.54, 1.807) is 36.4 Å². The summed E-state index contributed by atoms with van der Waals surface area (Å²) in [5.41, 5.74) is 2.04. The molecule has 2 aromatic carbocycles. The number of aryl methyl sites for hydroxylation is 1. The summed E-state index contributed by atoms with van der Waals surface area (Å²) in [6.45, 7) is 1.89. The van der Waals surface area contributed by atoms with Crippen molar-refractivity contribution >= 4 is 68.9 Å². The number of carbonyl (C=O) groups excluding carboxylic acids is 2. The number of thioether (sulfide) groups is 1. The summed E-state index contributed by atoms with van der Waals surface area (Å²) in [5.74, 6) is -0.337. The Morgan fingerprint density at radius 2 is 1.82 bits per heavy atom. The summed E-state index contributed by atoms with van der Waals surface area (Å²) in [6.07, 6.45) is 0. The molecule has 1 aromatic heterocycles. The lowest BCUT2D eigenvalue weighted by Gasteiger charge is -2.06. The van der Waals surface area contributed by atoms with Crippen LogP contribution >= 0.6 is 46.3 Å². The Morgan fingerprint density at radius 3 is 2.54 bits per heavy atom. The van der Waals surface area contributed by atoms with Gasteiger partial charge in [-0.15, -0.1) is 10.2 Å². The van der Waals surface area contributed by atoms with Crippen LogP contribution in [0.2, 0.25) is 10.0 Å². The highest BCUT2D eigenvalue weighted by Crippen LogP contribution is 2.26. The zero-order valence-corrected chi connectivity index (χ0v) is 17.7. The van der Waals surface area contributed by atoms with Crippen LogP contribution < -0.4 is 10.6 Å². The van der Waals surface area contributed by atoms with Crippen LogP contribution in [-0.2, 0) is 4.79 Å². The van der Waals surface area contributed by atoms with E-state index in [9.17, 15) is 9.59 Å². The normalized spacial score (nSPS) is 10.5. The molecular formula is C18H14Cl2N4O2S2. The van der Waals surface area contributed by atoms with Gasteiger partial charge in [-0.2, -0.15) is 0 Å². The minimum Gasteiger partial charge on any atom is -0.325 e. The third-order valence-electron chi connectivity index (χ3n) is 3.52. The van der Waals surface area contributed by atoms with Crippen LogP contribution in [0.15, 0.2) is 46.8 Å². The second-order valence-electron chi connectivity index (χ2n) is 5.63. The summed E-state index contributed by atoms with van der Waals surface area (Å²) in [7, 11) is 0. The molecule has 28 heavy (non-hydrogen) atoms. The Labute approximate surface area is 179 Å². The average Bonchev–Trinajstić information content (AvgIpc) is 3.11. The van der Waals surface area contributed by atoms with Crippen LogP contribution in [0.1, 0.15) is 15.9 Å². The number of nitrogens with zero attached hydrogens (tertiary/aromatic N) is 2. The van der Waals surface area contributed by atoms with Crippen LogP contribution in [-0.4, -0.2) is 27.8 Å². The fourth-order valence-electron chi connectivity index (χ4n) is 2.08. The van der Waals surface area contributed by atoms with Crippen molar-refractivity contribution in [1.82, 2.24) is 10.2 Å². The maximum atomic E-state index is 12.2. The minimum absolute atomic E-state index is 0.158. The number of rotatable bonds is 6. The topological polar surface area (TPSA) is 84.0 Å². The number of aromatic nitrogens is 2.